The summed E-state index contributed by atoms with van der Waals surface area (Å²) in [5, 5.41) is 3.53. The van der Waals surface area contributed by atoms with Crippen LogP contribution in [0.1, 0.15) is 30.4 Å². The van der Waals surface area contributed by atoms with E-state index < -0.39 is 0 Å². The van der Waals surface area contributed by atoms with Gasteiger partial charge in [-0.3, -0.25) is 0 Å². The number of nitrogens with one attached hydrogen (secondary N) is 1. The Bertz CT molecular complexity index is 329. The Hall–Kier alpha value is -0.860. The highest BCUT2D eigenvalue weighted by Crippen LogP contribution is 2.07. The molecule has 94 valence electrons. The summed E-state index contributed by atoms with van der Waals surface area (Å²) in [5.41, 5.74) is 2.74. The first-order chi connectivity index (χ1) is 8.34. The Labute approximate surface area is 105 Å². The van der Waals surface area contributed by atoms with Crippen LogP contribution >= 0.6 is 0 Å². The third-order valence-electron chi connectivity index (χ3n) is 3.44. The van der Waals surface area contributed by atoms with Gasteiger partial charge in [-0.05, 0) is 57.9 Å². The SMILES string of the molecule is Cc1cccc(CNCCCN2CCCC2)c1. The maximum Gasteiger partial charge on any atom is 0.0205 e. The maximum absolute atomic E-state index is 3.53. The second-order valence-electron chi connectivity index (χ2n) is 5.07. The first-order valence-electron chi connectivity index (χ1n) is 6.83. The van der Waals surface area contributed by atoms with E-state index in [1.54, 1.807) is 0 Å². The summed E-state index contributed by atoms with van der Waals surface area (Å²) in [4.78, 5) is 2.58. The minimum Gasteiger partial charge on any atom is -0.313 e. The van der Waals surface area contributed by atoms with Crippen molar-refractivity contribution in [2.75, 3.05) is 26.2 Å². The zero-order valence-corrected chi connectivity index (χ0v) is 10.9. The summed E-state index contributed by atoms with van der Waals surface area (Å²) < 4.78 is 0. The minimum absolute atomic E-state index is 1.00. The van der Waals surface area contributed by atoms with E-state index in [4.69, 9.17) is 0 Å². The van der Waals surface area contributed by atoms with Gasteiger partial charge in [0.05, 0.1) is 0 Å². The monoisotopic (exact) mass is 232 g/mol. The first-order valence-corrected chi connectivity index (χ1v) is 6.83. The van der Waals surface area contributed by atoms with E-state index in [-0.39, 0.29) is 0 Å². The molecule has 1 aromatic rings. The molecule has 1 saturated heterocycles. The summed E-state index contributed by atoms with van der Waals surface area (Å²) in [6.45, 7) is 8.18. The zero-order valence-electron chi connectivity index (χ0n) is 10.9. The number of rotatable bonds is 6. The summed E-state index contributed by atoms with van der Waals surface area (Å²) in [7, 11) is 0. The normalized spacial score (nSPS) is 16.5. The van der Waals surface area contributed by atoms with Gasteiger partial charge in [0.15, 0.2) is 0 Å². The second kappa shape index (κ2) is 6.77. The standard InChI is InChI=1S/C15H24N2/c1-14-6-4-7-15(12-14)13-16-8-5-11-17-9-2-3-10-17/h4,6-7,12,16H,2-3,5,8-11,13H2,1H3. The Morgan fingerprint density at radius 3 is 2.82 bits per heavy atom. The molecular weight excluding hydrogens is 208 g/mol. The first kappa shape index (κ1) is 12.6. The van der Waals surface area contributed by atoms with Crippen LogP contribution in [-0.4, -0.2) is 31.1 Å². The molecule has 0 aromatic heterocycles. The number of nitrogens with zero attached hydrogens (tertiary/aromatic N) is 1. The van der Waals surface area contributed by atoms with Gasteiger partial charge in [-0.2, -0.15) is 0 Å². The van der Waals surface area contributed by atoms with Crippen molar-refractivity contribution in [1.82, 2.24) is 10.2 Å². The van der Waals surface area contributed by atoms with Gasteiger partial charge in [-0.25, -0.2) is 0 Å². The van der Waals surface area contributed by atoms with Gasteiger partial charge in [0, 0.05) is 6.54 Å². The number of hydrogen-bond donors (Lipinski definition) is 1. The van der Waals surface area contributed by atoms with Crippen LogP contribution in [0.4, 0.5) is 0 Å². The van der Waals surface area contributed by atoms with Crippen molar-refractivity contribution in [3.63, 3.8) is 0 Å². The van der Waals surface area contributed by atoms with Crippen molar-refractivity contribution < 1.29 is 0 Å². The van der Waals surface area contributed by atoms with Crippen LogP contribution in [0.2, 0.25) is 0 Å². The smallest absolute Gasteiger partial charge is 0.0205 e. The minimum atomic E-state index is 1.00. The lowest BCUT2D eigenvalue weighted by Gasteiger charge is -2.14. The van der Waals surface area contributed by atoms with Gasteiger partial charge in [0.1, 0.15) is 0 Å². The van der Waals surface area contributed by atoms with Crippen LogP contribution in [0.3, 0.4) is 0 Å². The Morgan fingerprint density at radius 1 is 1.24 bits per heavy atom. The van der Waals surface area contributed by atoms with E-state index in [0.717, 1.165) is 13.1 Å². The van der Waals surface area contributed by atoms with Crippen LogP contribution in [0, 0.1) is 6.92 Å². The van der Waals surface area contributed by atoms with E-state index in [0.29, 0.717) is 0 Å². The van der Waals surface area contributed by atoms with Crippen molar-refractivity contribution >= 4 is 0 Å². The Balaban J connectivity index is 1.56. The third kappa shape index (κ3) is 4.49. The molecule has 1 aliphatic heterocycles. The molecule has 0 amide bonds. The molecule has 2 rings (SSSR count). The lowest BCUT2D eigenvalue weighted by Crippen LogP contribution is -2.24. The molecule has 0 bridgehead atoms. The molecule has 2 nitrogen and oxygen atoms in total. The fraction of sp³-hybridized carbons (Fsp3) is 0.600. The average molecular weight is 232 g/mol. The number of aryl methyl sites for hydroxylation is 1. The second-order valence-corrected chi connectivity index (χ2v) is 5.07. The van der Waals surface area contributed by atoms with Gasteiger partial charge in [-0.1, -0.05) is 29.8 Å². The fourth-order valence-corrected chi connectivity index (χ4v) is 2.49. The lowest BCUT2D eigenvalue weighted by molar-refractivity contribution is 0.331. The molecule has 1 fully saturated rings. The zero-order chi connectivity index (χ0) is 11.9. The molecule has 1 N–H and O–H groups in total. The van der Waals surface area contributed by atoms with E-state index >= 15 is 0 Å². The molecular formula is C15H24N2. The summed E-state index contributed by atoms with van der Waals surface area (Å²) in [5.74, 6) is 0. The predicted molar refractivity (Wildman–Crippen MR) is 73.2 cm³/mol. The molecule has 1 aliphatic rings. The quantitative estimate of drug-likeness (QED) is 0.758. The molecule has 0 saturated carbocycles. The molecule has 0 unspecified atom stereocenters. The number of likely N-dealkylation sites (tertiary alicyclic amines) is 1. The summed E-state index contributed by atoms with van der Waals surface area (Å²) in [6, 6.07) is 8.74. The van der Waals surface area contributed by atoms with Crippen LogP contribution in [-0.2, 0) is 6.54 Å². The van der Waals surface area contributed by atoms with E-state index in [1.807, 2.05) is 0 Å². The molecule has 2 heteroatoms. The molecule has 0 atom stereocenters. The fourth-order valence-electron chi connectivity index (χ4n) is 2.49. The Kier molecular flexibility index (Phi) is 5.02. The number of benzene rings is 1. The highest BCUT2D eigenvalue weighted by Gasteiger charge is 2.09. The molecule has 0 radical (unpaired) electrons. The largest absolute Gasteiger partial charge is 0.313 e. The van der Waals surface area contributed by atoms with Crippen molar-refractivity contribution in [2.24, 2.45) is 0 Å². The van der Waals surface area contributed by atoms with Gasteiger partial charge in [0.2, 0.25) is 0 Å². The van der Waals surface area contributed by atoms with Crippen LogP contribution < -0.4 is 5.32 Å². The van der Waals surface area contributed by atoms with Crippen LogP contribution in [0.5, 0.6) is 0 Å². The van der Waals surface area contributed by atoms with Gasteiger partial charge in [-0.15, -0.1) is 0 Å². The van der Waals surface area contributed by atoms with Gasteiger partial charge < -0.3 is 10.2 Å². The van der Waals surface area contributed by atoms with Gasteiger partial charge in [0.25, 0.3) is 0 Å². The van der Waals surface area contributed by atoms with E-state index in [1.165, 1.54) is 50.0 Å². The molecule has 1 aromatic carbocycles. The topological polar surface area (TPSA) is 15.3 Å². The van der Waals surface area contributed by atoms with Gasteiger partial charge >= 0.3 is 0 Å². The van der Waals surface area contributed by atoms with Crippen molar-refractivity contribution in [3.05, 3.63) is 35.4 Å². The van der Waals surface area contributed by atoms with Crippen molar-refractivity contribution in [2.45, 2.75) is 32.7 Å². The predicted octanol–water partition coefficient (Wildman–Crippen LogP) is 2.57. The van der Waals surface area contributed by atoms with E-state index in [2.05, 4.69) is 41.4 Å². The summed E-state index contributed by atoms with van der Waals surface area (Å²) >= 11 is 0. The molecule has 0 spiro atoms. The molecule has 17 heavy (non-hydrogen) atoms. The molecule has 1 heterocycles. The number of hydrogen-bond acceptors (Lipinski definition) is 2. The average Bonchev–Trinajstić information content (AvgIpc) is 2.82. The lowest BCUT2D eigenvalue weighted by atomic mass is 10.1. The van der Waals surface area contributed by atoms with Crippen molar-refractivity contribution in [3.8, 4) is 0 Å². The van der Waals surface area contributed by atoms with Crippen LogP contribution in [0.25, 0.3) is 0 Å². The summed E-state index contributed by atoms with van der Waals surface area (Å²) in [6.07, 6.45) is 4.07. The van der Waals surface area contributed by atoms with E-state index in [9.17, 15) is 0 Å². The van der Waals surface area contributed by atoms with Crippen LogP contribution in [0.15, 0.2) is 24.3 Å². The third-order valence-corrected chi connectivity index (χ3v) is 3.44. The maximum atomic E-state index is 3.53. The highest BCUT2D eigenvalue weighted by atomic mass is 15.1. The molecule has 0 aliphatic carbocycles. The highest BCUT2D eigenvalue weighted by molar-refractivity contribution is 5.21. The Morgan fingerprint density at radius 2 is 2.06 bits per heavy atom. The van der Waals surface area contributed by atoms with Crippen molar-refractivity contribution in [1.29, 1.82) is 0 Å².